The number of amides is 1. The van der Waals surface area contributed by atoms with Crippen molar-refractivity contribution >= 4 is 5.91 Å². The van der Waals surface area contributed by atoms with Gasteiger partial charge < -0.3 is 15.2 Å². The number of nitrogens with one attached hydrogen (secondary N) is 3. The Balaban J connectivity index is 1.39. The van der Waals surface area contributed by atoms with Crippen molar-refractivity contribution in [3.63, 3.8) is 0 Å². The predicted molar refractivity (Wildman–Crippen MR) is 108 cm³/mol. The molecular formula is C21H23F3N6O2. The summed E-state index contributed by atoms with van der Waals surface area (Å²) in [7, 11) is 0. The summed E-state index contributed by atoms with van der Waals surface area (Å²) in [6.45, 7) is 3.78. The molecule has 3 aliphatic rings. The number of rotatable bonds is 3. The normalized spacial score (nSPS) is 26.6. The van der Waals surface area contributed by atoms with E-state index in [1.54, 1.807) is 6.08 Å². The van der Waals surface area contributed by atoms with Gasteiger partial charge >= 0.3 is 6.18 Å². The van der Waals surface area contributed by atoms with Gasteiger partial charge in [0.25, 0.3) is 0 Å². The van der Waals surface area contributed by atoms with Gasteiger partial charge in [-0.25, -0.2) is 5.43 Å². The Morgan fingerprint density at radius 2 is 1.88 bits per heavy atom. The van der Waals surface area contributed by atoms with Crippen LogP contribution in [0.4, 0.5) is 13.2 Å². The number of carbonyl (C=O) groups is 1. The van der Waals surface area contributed by atoms with Crippen LogP contribution in [0.2, 0.25) is 0 Å². The third kappa shape index (κ3) is 3.75. The van der Waals surface area contributed by atoms with E-state index in [1.165, 1.54) is 12.1 Å². The monoisotopic (exact) mass is 448 g/mol. The number of halogens is 3. The minimum absolute atomic E-state index is 0.107. The predicted octanol–water partition coefficient (Wildman–Crippen LogP) is 2.39. The number of aromatic nitrogens is 2. The van der Waals surface area contributed by atoms with Gasteiger partial charge in [0.2, 0.25) is 17.6 Å². The van der Waals surface area contributed by atoms with Gasteiger partial charge in [-0.05, 0) is 45.0 Å². The zero-order valence-corrected chi connectivity index (χ0v) is 17.3. The maximum atomic E-state index is 12.8. The minimum atomic E-state index is -4.41. The first-order chi connectivity index (χ1) is 15.3. The Morgan fingerprint density at radius 3 is 2.56 bits per heavy atom. The molecule has 2 aromatic rings. The summed E-state index contributed by atoms with van der Waals surface area (Å²) in [5, 5.41) is 12.3. The molecule has 5 rings (SSSR count). The summed E-state index contributed by atoms with van der Waals surface area (Å²) in [5.74, 6) is 0.312. The van der Waals surface area contributed by atoms with Crippen LogP contribution in [0.25, 0.3) is 11.4 Å². The fraction of sp³-hybridized carbons (Fsp3) is 0.476. The second kappa shape index (κ2) is 7.89. The number of hydrazine groups is 1. The fourth-order valence-corrected chi connectivity index (χ4v) is 4.67. The quantitative estimate of drug-likeness (QED) is 0.664. The Labute approximate surface area is 182 Å². The van der Waals surface area contributed by atoms with E-state index in [2.05, 4.69) is 26.2 Å². The Kier molecular flexibility index (Phi) is 5.17. The van der Waals surface area contributed by atoms with Gasteiger partial charge in [-0.3, -0.25) is 9.80 Å². The second-order valence-corrected chi connectivity index (χ2v) is 8.39. The van der Waals surface area contributed by atoms with Crippen LogP contribution in [0.1, 0.15) is 37.1 Å². The maximum absolute atomic E-state index is 12.8. The number of piperidine rings is 1. The van der Waals surface area contributed by atoms with Gasteiger partial charge in [0, 0.05) is 29.3 Å². The molecule has 3 unspecified atom stereocenters. The molecule has 1 aromatic heterocycles. The third-order valence-corrected chi connectivity index (χ3v) is 6.30. The van der Waals surface area contributed by atoms with Crippen molar-refractivity contribution in [1.29, 1.82) is 0 Å². The molecule has 3 aliphatic heterocycles. The SMILES string of the molecule is CC1NN2C(C3CCNCC3)=CC(=O)NC2C1c1nc(-c2ccc(C(F)(F)F)cc2)no1. The zero-order chi connectivity index (χ0) is 22.5. The molecule has 0 spiro atoms. The van der Waals surface area contributed by atoms with Crippen molar-refractivity contribution in [2.24, 2.45) is 5.92 Å². The zero-order valence-electron chi connectivity index (χ0n) is 17.3. The lowest BCUT2D eigenvalue weighted by molar-refractivity contribution is -0.137. The fourth-order valence-electron chi connectivity index (χ4n) is 4.67. The van der Waals surface area contributed by atoms with E-state index in [0.29, 0.717) is 11.5 Å². The third-order valence-electron chi connectivity index (χ3n) is 6.30. The van der Waals surface area contributed by atoms with Crippen LogP contribution in [-0.2, 0) is 11.0 Å². The number of hydrogen-bond acceptors (Lipinski definition) is 7. The number of benzene rings is 1. The molecule has 11 heteroatoms. The Morgan fingerprint density at radius 1 is 1.16 bits per heavy atom. The highest BCUT2D eigenvalue weighted by Gasteiger charge is 2.48. The first kappa shape index (κ1) is 21.0. The van der Waals surface area contributed by atoms with Crippen LogP contribution in [0.5, 0.6) is 0 Å². The standard InChI is InChI=1S/C21H23F3N6O2/c1-11-17(19-26-16(31)10-15(30(19)28-11)12-6-8-25-9-7-12)20-27-18(29-32-20)13-2-4-14(5-3-13)21(22,23)24/h2-5,10-12,17,19,25,28H,6-9H2,1H3,(H,26,31). The number of fused-ring (bicyclic) bond motifs is 1. The molecule has 4 heterocycles. The molecule has 1 amide bonds. The number of nitrogens with zero attached hydrogens (tertiary/aromatic N) is 3. The molecule has 3 N–H and O–H groups in total. The van der Waals surface area contributed by atoms with E-state index in [-0.39, 0.29) is 29.6 Å². The van der Waals surface area contributed by atoms with Crippen LogP contribution >= 0.6 is 0 Å². The van der Waals surface area contributed by atoms with E-state index >= 15 is 0 Å². The molecule has 0 radical (unpaired) electrons. The molecule has 2 fully saturated rings. The molecule has 3 atom stereocenters. The van der Waals surface area contributed by atoms with E-state index < -0.39 is 17.9 Å². The first-order valence-corrected chi connectivity index (χ1v) is 10.6. The average molecular weight is 448 g/mol. The van der Waals surface area contributed by atoms with Gasteiger partial charge in [-0.1, -0.05) is 17.3 Å². The second-order valence-electron chi connectivity index (χ2n) is 8.39. The molecule has 8 nitrogen and oxygen atoms in total. The van der Waals surface area contributed by atoms with E-state index in [1.807, 2.05) is 11.9 Å². The van der Waals surface area contributed by atoms with Crippen molar-refractivity contribution < 1.29 is 22.5 Å². The van der Waals surface area contributed by atoms with Gasteiger partial charge in [0.15, 0.2) is 0 Å². The van der Waals surface area contributed by atoms with E-state index in [9.17, 15) is 18.0 Å². The molecule has 1 aromatic carbocycles. The highest BCUT2D eigenvalue weighted by molar-refractivity contribution is 5.89. The molecule has 32 heavy (non-hydrogen) atoms. The van der Waals surface area contributed by atoms with Crippen LogP contribution in [-0.4, -0.2) is 46.4 Å². The number of allylic oxidation sites excluding steroid dienone is 1. The van der Waals surface area contributed by atoms with Crippen molar-refractivity contribution in [2.75, 3.05) is 13.1 Å². The minimum Gasteiger partial charge on any atom is -0.338 e. The van der Waals surface area contributed by atoms with Gasteiger partial charge in [-0.2, -0.15) is 18.2 Å². The van der Waals surface area contributed by atoms with Crippen LogP contribution in [0.3, 0.4) is 0 Å². The highest BCUT2D eigenvalue weighted by atomic mass is 19.4. The van der Waals surface area contributed by atoms with Crippen molar-refractivity contribution in [2.45, 2.75) is 44.1 Å². The van der Waals surface area contributed by atoms with Crippen molar-refractivity contribution in [1.82, 2.24) is 31.2 Å². The van der Waals surface area contributed by atoms with Crippen molar-refractivity contribution in [3.05, 3.63) is 47.5 Å². The summed E-state index contributed by atoms with van der Waals surface area (Å²) < 4.78 is 44.0. The number of carbonyl (C=O) groups excluding carboxylic acids is 1. The summed E-state index contributed by atoms with van der Waals surface area (Å²) in [6.07, 6.45) is -1.26. The molecule has 2 saturated heterocycles. The summed E-state index contributed by atoms with van der Waals surface area (Å²) in [6, 6.07) is 4.51. The lowest BCUT2D eigenvalue weighted by Gasteiger charge is -2.38. The van der Waals surface area contributed by atoms with Gasteiger partial charge in [-0.15, -0.1) is 0 Å². The Bertz CT molecular complexity index is 1030. The maximum Gasteiger partial charge on any atom is 0.416 e. The summed E-state index contributed by atoms with van der Waals surface area (Å²) >= 11 is 0. The lowest BCUT2D eigenvalue weighted by atomic mass is 9.91. The topological polar surface area (TPSA) is 95.3 Å². The van der Waals surface area contributed by atoms with Crippen molar-refractivity contribution in [3.8, 4) is 11.4 Å². The average Bonchev–Trinajstić information content (AvgIpc) is 3.37. The number of hydrogen-bond donors (Lipinski definition) is 3. The van der Waals surface area contributed by atoms with E-state index in [0.717, 1.165) is 43.8 Å². The van der Waals surface area contributed by atoms with Crippen LogP contribution in [0, 0.1) is 5.92 Å². The molecule has 0 saturated carbocycles. The Hall–Kier alpha value is -2.92. The van der Waals surface area contributed by atoms with Gasteiger partial charge in [0.05, 0.1) is 11.5 Å². The first-order valence-electron chi connectivity index (χ1n) is 10.6. The smallest absolute Gasteiger partial charge is 0.338 e. The molecule has 170 valence electrons. The highest BCUT2D eigenvalue weighted by Crippen LogP contribution is 2.38. The summed E-state index contributed by atoms with van der Waals surface area (Å²) in [4.78, 5) is 16.9. The molecular weight excluding hydrogens is 425 g/mol. The molecule has 0 aliphatic carbocycles. The number of alkyl halides is 3. The largest absolute Gasteiger partial charge is 0.416 e. The summed E-state index contributed by atoms with van der Waals surface area (Å²) in [5.41, 5.74) is 4.06. The van der Waals surface area contributed by atoms with Crippen LogP contribution in [0.15, 0.2) is 40.6 Å². The van der Waals surface area contributed by atoms with E-state index in [4.69, 9.17) is 4.52 Å². The van der Waals surface area contributed by atoms with Gasteiger partial charge in [0.1, 0.15) is 6.17 Å². The van der Waals surface area contributed by atoms with Crippen LogP contribution < -0.4 is 16.1 Å². The lowest BCUT2D eigenvalue weighted by Crippen LogP contribution is -2.54. The molecule has 0 bridgehead atoms.